The molecule has 3 heterocycles. The van der Waals surface area contributed by atoms with Crippen molar-refractivity contribution in [2.24, 2.45) is 0 Å². The molecule has 0 saturated heterocycles. The molecule has 0 amide bonds. The molecule has 0 bridgehead atoms. The van der Waals surface area contributed by atoms with E-state index >= 15 is 0 Å². The lowest BCUT2D eigenvalue weighted by Gasteiger charge is -2.19. The van der Waals surface area contributed by atoms with E-state index in [2.05, 4.69) is 43.1 Å². The number of nitrogens with zero attached hydrogens (tertiary/aromatic N) is 3. The van der Waals surface area contributed by atoms with Crippen molar-refractivity contribution in [3.05, 3.63) is 34.2 Å². The van der Waals surface area contributed by atoms with Crippen molar-refractivity contribution in [3.8, 4) is 11.4 Å². The summed E-state index contributed by atoms with van der Waals surface area (Å²) in [6.07, 6.45) is 4.35. The molecule has 20 heavy (non-hydrogen) atoms. The molecule has 3 rings (SSSR count). The number of ether oxygens (including phenoxy) is 1. The van der Waals surface area contributed by atoms with Crippen LogP contribution in [0.3, 0.4) is 0 Å². The highest BCUT2D eigenvalue weighted by molar-refractivity contribution is 9.10. The predicted molar refractivity (Wildman–Crippen MR) is 80.5 cm³/mol. The summed E-state index contributed by atoms with van der Waals surface area (Å²) in [5, 5.41) is 3.30. The molecule has 1 aliphatic heterocycles. The van der Waals surface area contributed by atoms with E-state index in [1.54, 1.807) is 12.4 Å². The van der Waals surface area contributed by atoms with Gasteiger partial charge in [0.25, 0.3) is 0 Å². The zero-order chi connectivity index (χ0) is 13.9. The zero-order valence-corrected chi connectivity index (χ0v) is 12.8. The minimum atomic E-state index is 0.578. The first-order valence-electron chi connectivity index (χ1n) is 6.60. The summed E-state index contributed by atoms with van der Waals surface area (Å²) >= 11 is 3.43. The number of rotatable bonds is 3. The molecule has 0 fully saturated rings. The summed E-state index contributed by atoms with van der Waals surface area (Å²) in [7, 11) is 0. The molecule has 6 heteroatoms. The molecule has 5 nitrogen and oxygen atoms in total. The quantitative estimate of drug-likeness (QED) is 0.935. The fourth-order valence-corrected chi connectivity index (χ4v) is 2.57. The Kier molecular flexibility index (Phi) is 3.93. The van der Waals surface area contributed by atoms with Crippen LogP contribution in [0.25, 0.3) is 11.4 Å². The topological polar surface area (TPSA) is 59.9 Å². The number of hydrogen-bond donors (Lipinski definition) is 1. The molecule has 0 saturated carbocycles. The summed E-state index contributed by atoms with van der Waals surface area (Å²) < 4.78 is 6.43. The van der Waals surface area contributed by atoms with E-state index in [-0.39, 0.29) is 0 Å². The summed E-state index contributed by atoms with van der Waals surface area (Å²) in [5.41, 5.74) is 3.05. The lowest BCUT2D eigenvalue weighted by atomic mass is 10.1. The van der Waals surface area contributed by atoms with Crippen LogP contribution in [0.2, 0.25) is 0 Å². The number of fused-ring (bicyclic) bond motifs is 1. The molecule has 0 radical (unpaired) electrons. The Hall–Kier alpha value is -1.53. The van der Waals surface area contributed by atoms with Crippen LogP contribution in [0.5, 0.6) is 0 Å². The number of halogens is 1. The molecule has 104 valence electrons. The maximum Gasteiger partial charge on any atom is 0.163 e. The Bertz CT molecular complexity index is 633. The average molecular weight is 335 g/mol. The van der Waals surface area contributed by atoms with Crippen molar-refractivity contribution in [1.29, 1.82) is 0 Å². The first-order chi connectivity index (χ1) is 9.78. The first-order valence-corrected chi connectivity index (χ1v) is 7.39. The van der Waals surface area contributed by atoms with Crippen molar-refractivity contribution < 1.29 is 4.74 Å². The van der Waals surface area contributed by atoms with Gasteiger partial charge in [0, 0.05) is 41.0 Å². The first kappa shape index (κ1) is 13.5. The van der Waals surface area contributed by atoms with Crippen LogP contribution in [-0.4, -0.2) is 28.1 Å². The Morgan fingerprint density at radius 3 is 3.05 bits per heavy atom. The van der Waals surface area contributed by atoms with Gasteiger partial charge in [0.05, 0.1) is 18.9 Å². The molecule has 1 aliphatic rings. The highest BCUT2D eigenvalue weighted by Crippen LogP contribution is 2.26. The van der Waals surface area contributed by atoms with Crippen LogP contribution in [0.15, 0.2) is 22.9 Å². The van der Waals surface area contributed by atoms with Gasteiger partial charge >= 0.3 is 0 Å². The standard InChI is InChI=1S/C14H15BrN4O/c1-2-17-14-11-8-20-4-3-12(11)18-13(19-14)9-5-10(15)7-16-6-9/h5-7H,2-4,8H2,1H3,(H,17,18,19). The number of hydrogen-bond acceptors (Lipinski definition) is 5. The molecular weight excluding hydrogens is 320 g/mol. The van der Waals surface area contributed by atoms with Gasteiger partial charge in [-0.25, -0.2) is 9.97 Å². The minimum Gasteiger partial charge on any atom is -0.376 e. The minimum absolute atomic E-state index is 0.578. The van der Waals surface area contributed by atoms with Gasteiger partial charge in [-0.15, -0.1) is 0 Å². The monoisotopic (exact) mass is 334 g/mol. The Labute approximate surface area is 125 Å². The van der Waals surface area contributed by atoms with Gasteiger partial charge in [0.2, 0.25) is 0 Å². The Balaban J connectivity index is 2.10. The molecule has 2 aromatic heterocycles. The van der Waals surface area contributed by atoms with E-state index in [1.165, 1.54) is 0 Å². The largest absolute Gasteiger partial charge is 0.376 e. The molecule has 1 N–H and O–H groups in total. The number of anilines is 1. The molecule has 0 unspecified atom stereocenters. The second-order valence-corrected chi connectivity index (χ2v) is 5.46. The van der Waals surface area contributed by atoms with Gasteiger partial charge in [-0.3, -0.25) is 4.98 Å². The third-order valence-electron chi connectivity index (χ3n) is 3.13. The highest BCUT2D eigenvalue weighted by Gasteiger charge is 2.18. The summed E-state index contributed by atoms with van der Waals surface area (Å²) in [6.45, 7) is 4.17. The molecule has 0 aromatic carbocycles. The predicted octanol–water partition coefficient (Wildman–Crippen LogP) is 2.81. The van der Waals surface area contributed by atoms with Gasteiger partial charge in [0.15, 0.2) is 5.82 Å². The lowest BCUT2D eigenvalue weighted by molar-refractivity contribution is 0.109. The fourth-order valence-electron chi connectivity index (χ4n) is 2.21. The van der Waals surface area contributed by atoms with Gasteiger partial charge in [-0.05, 0) is 28.9 Å². The van der Waals surface area contributed by atoms with Gasteiger partial charge in [-0.2, -0.15) is 0 Å². The molecule has 2 aromatic rings. The third kappa shape index (κ3) is 2.66. The van der Waals surface area contributed by atoms with Crippen molar-refractivity contribution in [2.75, 3.05) is 18.5 Å². The van der Waals surface area contributed by atoms with Crippen molar-refractivity contribution in [3.63, 3.8) is 0 Å². The van der Waals surface area contributed by atoms with Crippen LogP contribution in [0, 0.1) is 0 Å². The SMILES string of the molecule is CCNc1nc(-c2cncc(Br)c2)nc2c1COCC2. The Morgan fingerprint density at radius 2 is 2.25 bits per heavy atom. The van der Waals surface area contributed by atoms with Crippen molar-refractivity contribution in [1.82, 2.24) is 15.0 Å². The normalized spacial score (nSPS) is 13.9. The van der Waals surface area contributed by atoms with E-state index in [9.17, 15) is 0 Å². The molecule has 0 spiro atoms. The maximum atomic E-state index is 5.51. The van der Waals surface area contributed by atoms with E-state index < -0.39 is 0 Å². The third-order valence-corrected chi connectivity index (χ3v) is 3.56. The molecule has 0 atom stereocenters. The summed E-state index contributed by atoms with van der Waals surface area (Å²) in [6, 6.07) is 1.98. The smallest absolute Gasteiger partial charge is 0.163 e. The highest BCUT2D eigenvalue weighted by atomic mass is 79.9. The van der Waals surface area contributed by atoms with E-state index in [0.717, 1.165) is 40.1 Å². The van der Waals surface area contributed by atoms with E-state index in [1.807, 2.05) is 6.07 Å². The van der Waals surface area contributed by atoms with E-state index in [4.69, 9.17) is 4.74 Å². The van der Waals surface area contributed by atoms with E-state index in [0.29, 0.717) is 19.0 Å². The fraction of sp³-hybridized carbons (Fsp3) is 0.357. The number of aromatic nitrogens is 3. The summed E-state index contributed by atoms with van der Waals surface area (Å²) in [5.74, 6) is 1.57. The Morgan fingerprint density at radius 1 is 1.35 bits per heavy atom. The maximum absolute atomic E-state index is 5.51. The molecule has 0 aliphatic carbocycles. The lowest BCUT2D eigenvalue weighted by Crippen LogP contribution is -2.17. The van der Waals surface area contributed by atoms with Gasteiger partial charge in [0.1, 0.15) is 5.82 Å². The summed E-state index contributed by atoms with van der Waals surface area (Å²) in [4.78, 5) is 13.5. The van der Waals surface area contributed by atoms with Crippen LogP contribution in [0.1, 0.15) is 18.2 Å². The average Bonchev–Trinajstić information content (AvgIpc) is 2.47. The number of nitrogens with one attached hydrogen (secondary N) is 1. The second-order valence-electron chi connectivity index (χ2n) is 4.55. The van der Waals surface area contributed by atoms with Crippen LogP contribution >= 0.6 is 15.9 Å². The van der Waals surface area contributed by atoms with Crippen LogP contribution < -0.4 is 5.32 Å². The zero-order valence-electron chi connectivity index (χ0n) is 11.2. The second kappa shape index (κ2) is 5.85. The van der Waals surface area contributed by atoms with Crippen LogP contribution in [-0.2, 0) is 17.8 Å². The van der Waals surface area contributed by atoms with Crippen molar-refractivity contribution >= 4 is 21.7 Å². The van der Waals surface area contributed by atoms with Gasteiger partial charge < -0.3 is 10.1 Å². The van der Waals surface area contributed by atoms with Gasteiger partial charge in [-0.1, -0.05) is 0 Å². The number of pyridine rings is 1. The molecular formula is C14H15BrN4O. The van der Waals surface area contributed by atoms with Crippen molar-refractivity contribution in [2.45, 2.75) is 20.0 Å². The van der Waals surface area contributed by atoms with Crippen LogP contribution in [0.4, 0.5) is 5.82 Å².